The first kappa shape index (κ1) is 15.9. The van der Waals surface area contributed by atoms with E-state index in [1.54, 1.807) is 0 Å². The van der Waals surface area contributed by atoms with Crippen LogP contribution in [-0.2, 0) is 4.79 Å². The molecule has 1 aromatic heterocycles. The van der Waals surface area contributed by atoms with Crippen molar-refractivity contribution in [2.45, 2.75) is 38.1 Å². The summed E-state index contributed by atoms with van der Waals surface area (Å²) in [7, 11) is 1.93. The van der Waals surface area contributed by atoms with E-state index in [2.05, 4.69) is 11.0 Å². The van der Waals surface area contributed by atoms with Gasteiger partial charge in [-0.15, -0.1) is 0 Å². The Morgan fingerprint density at radius 1 is 1.20 bits per heavy atom. The fourth-order valence-electron chi connectivity index (χ4n) is 4.38. The molecule has 2 saturated heterocycles. The number of rotatable bonds is 1. The number of anilines is 1. The molecular weight excluding hydrogens is 312 g/mol. The molecule has 1 aromatic carbocycles. The minimum Gasteiger partial charge on any atom is -0.355 e. The minimum absolute atomic E-state index is 0.00623. The third-order valence-electron chi connectivity index (χ3n) is 6.13. The van der Waals surface area contributed by atoms with E-state index in [-0.39, 0.29) is 11.4 Å². The molecule has 5 nitrogen and oxygen atoms in total. The first-order valence-corrected chi connectivity index (χ1v) is 8.87. The average Bonchev–Trinajstić information content (AvgIpc) is 2.91. The molecule has 1 spiro atoms. The number of amides is 1. The summed E-state index contributed by atoms with van der Waals surface area (Å²) >= 11 is 0. The molecule has 4 rings (SSSR count). The summed E-state index contributed by atoms with van der Waals surface area (Å²) in [5.74, 6) is 1.05. The van der Waals surface area contributed by atoms with Gasteiger partial charge in [-0.3, -0.25) is 4.79 Å². The van der Waals surface area contributed by atoms with Crippen LogP contribution >= 0.6 is 0 Å². The lowest BCUT2D eigenvalue weighted by atomic mass is 9.85. The van der Waals surface area contributed by atoms with E-state index in [1.807, 2.05) is 43.1 Å². The molecule has 3 heterocycles. The van der Waals surface area contributed by atoms with Crippen molar-refractivity contribution in [3.63, 3.8) is 0 Å². The van der Waals surface area contributed by atoms with E-state index in [9.17, 15) is 10.1 Å². The molecule has 1 amide bonds. The van der Waals surface area contributed by atoms with Crippen LogP contribution in [0.25, 0.3) is 10.9 Å². The standard InChI is InChI=1S/C20H22N4O/c1-14-15-5-3-4-6-17(15)22-19(16(14)13-21)24-11-9-20(10-12-24)8-7-18(25)23(20)2/h3-6H,7-12H2,1-2H3. The molecule has 128 valence electrons. The van der Waals surface area contributed by atoms with E-state index in [1.165, 1.54) is 0 Å². The maximum Gasteiger partial charge on any atom is 0.222 e. The van der Waals surface area contributed by atoms with E-state index in [0.717, 1.165) is 54.6 Å². The highest BCUT2D eigenvalue weighted by Crippen LogP contribution is 2.39. The predicted molar refractivity (Wildman–Crippen MR) is 97.4 cm³/mol. The number of aryl methyl sites for hydroxylation is 1. The predicted octanol–water partition coefficient (Wildman–Crippen LogP) is 3.01. The molecule has 0 atom stereocenters. The summed E-state index contributed by atoms with van der Waals surface area (Å²) < 4.78 is 0. The maximum absolute atomic E-state index is 11.9. The van der Waals surface area contributed by atoms with Crippen molar-refractivity contribution in [2.75, 3.05) is 25.0 Å². The monoisotopic (exact) mass is 334 g/mol. The van der Waals surface area contributed by atoms with Gasteiger partial charge in [0, 0.05) is 37.5 Å². The second kappa shape index (κ2) is 5.73. The van der Waals surface area contributed by atoms with Crippen molar-refractivity contribution in [3.05, 3.63) is 35.4 Å². The zero-order chi connectivity index (χ0) is 17.6. The van der Waals surface area contributed by atoms with Crippen LogP contribution in [0.5, 0.6) is 0 Å². The van der Waals surface area contributed by atoms with Crippen LogP contribution in [0.15, 0.2) is 24.3 Å². The van der Waals surface area contributed by atoms with E-state index in [4.69, 9.17) is 4.98 Å². The van der Waals surface area contributed by atoms with Gasteiger partial charge in [-0.1, -0.05) is 18.2 Å². The van der Waals surface area contributed by atoms with Crippen molar-refractivity contribution in [3.8, 4) is 6.07 Å². The van der Waals surface area contributed by atoms with Crippen LogP contribution in [-0.4, -0.2) is 41.5 Å². The lowest BCUT2D eigenvalue weighted by molar-refractivity contribution is -0.130. The van der Waals surface area contributed by atoms with Gasteiger partial charge in [0.1, 0.15) is 11.9 Å². The number of carbonyl (C=O) groups is 1. The lowest BCUT2D eigenvalue weighted by Crippen LogP contribution is -2.52. The first-order chi connectivity index (χ1) is 12.1. The number of nitriles is 1. The summed E-state index contributed by atoms with van der Waals surface area (Å²) in [6.45, 7) is 3.66. The maximum atomic E-state index is 11.9. The molecule has 2 aliphatic heterocycles. The van der Waals surface area contributed by atoms with Gasteiger partial charge < -0.3 is 9.80 Å². The number of piperidine rings is 1. The molecule has 0 saturated carbocycles. The Morgan fingerprint density at radius 2 is 1.92 bits per heavy atom. The van der Waals surface area contributed by atoms with Crippen LogP contribution in [0.4, 0.5) is 5.82 Å². The number of carbonyl (C=O) groups excluding carboxylic acids is 1. The number of para-hydroxylation sites is 1. The zero-order valence-electron chi connectivity index (χ0n) is 14.7. The second-order valence-corrected chi connectivity index (χ2v) is 7.23. The van der Waals surface area contributed by atoms with Gasteiger partial charge in [0.25, 0.3) is 0 Å². The van der Waals surface area contributed by atoms with Crippen molar-refractivity contribution >= 4 is 22.6 Å². The third-order valence-corrected chi connectivity index (χ3v) is 6.13. The van der Waals surface area contributed by atoms with Gasteiger partial charge in [0.15, 0.2) is 0 Å². The van der Waals surface area contributed by atoms with E-state index < -0.39 is 0 Å². The Bertz CT molecular complexity index is 890. The quantitative estimate of drug-likeness (QED) is 0.804. The van der Waals surface area contributed by atoms with Gasteiger partial charge in [-0.2, -0.15) is 5.26 Å². The summed E-state index contributed by atoms with van der Waals surface area (Å²) in [5, 5.41) is 10.7. The Kier molecular flexibility index (Phi) is 3.64. The minimum atomic E-state index is 0.00623. The smallest absolute Gasteiger partial charge is 0.222 e. The number of hydrogen-bond acceptors (Lipinski definition) is 4. The second-order valence-electron chi connectivity index (χ2n) is 7.23. The highest BCUT2D eigenvalue weighted by atomic mass is 16.2. The van der Waals surface area contributed by atoms with Crippen LogP contribution in [0, 0.1) is 18.3 Å². The van der Waals surface area contributed by atoms with Crippen LogP contribution in [0.3, 0.4) is 0 Å². The van der Waals surface area contributed by atoms with Crippen LogP contribution < -0.4 is 4.90 Å². The molecule has 25 heavy (non-hydrogen) atoms. The molecule has 2 aromatic rings. The van der Waals surface area contributed by atoms with Gasteiger partial charge in [0.2, 0.25) is 5.91 Å². The Labute approximate surface area is 147 Å². The summed E-state index contributed by atoms with van der Waals surface area (Å²) in [6.07, 6.45) is 3.49. The van der Waals surface area contributed by atoms with Crippen molar-refractivity contribution < 1.29 is 4.79 Å². The molecule has 2 fully saturated rings. The first-order valence-electron chi connectivity index (χ1n) is 8.87. The fourth-order valence-corrected chi connectivity index (χ4v) is 4.38. The average molecular weight is 334 g/mol. The number of fused-ring (bicyclic) bond motifs is 1. The van der Waals surface area contributed by atoms with E-state index >= 15 is 0 Å². The Balaban J connectivity index is 1.68. The topological polar surface area (TPSA) is 60.2 Å². The van der Waals surface area contributed by atoms with Gasteiger partial charge >= 0.3 is 0 Å². The molecule has 0 aliphatic carbocycles. The summed E-state index contributed by atoms with van der Waals surface area (Å²) in [6, 6.07) is 10.3. The van der Waals surface area contributed by atoms with Gasteiger partial charge in [0.05, 0.1) is 11.1 Å². The number of hydrogen-bond donors (Lipinski definition) is 0. The normalized spacial score (nSPS) is 19.6. The molecule has 2 aliphatic rings. The summed E-state index contributed by atoms with van der Waals surface area (Å²) in [5.41, 5.74) is 2.61. The fraction of sp³-hybridized carbons (Fsp3) is 0.450. The number of aromatic nitrogens is 1. The van der Waals surface area contributed by atoms with E-state index in [0.29, 0.717) is 12.0 Å². The van der Waals surface area contributed by atoms with Crippen LogP contribution in [0.1, 0.15) is 36.8 Å². The molecule has 0 bridgehead atoms. The Hall–Kier alpha value is -2.61. The molecule has 0 radical (unpaired) electrons. The number of nitrogens with zero attached hydrogens (tertiary/aromatic N) is 4. The van der Waals surface area contributed by atoms with Gasteiger partial charge in [-0.25, -0.2) is 4.98 Å². The number of benzene rings is 1. The third kappa shape index (κ3) is 2.36. The van der Waals surface area contributed by atoms with Crippen molar-refractivity contribution in [2.24, 2.45) is 0 Å². The number of pyridine rings is 1. The summed E-state index contributed by atoms with van der Waals surface area (Å²) in [4.78, 5) is 20.9. The van der Waals surface area contributed by atoms with Crippen molar-refractivity contribution in [1.29, 1.82) is 5.26 Å². The Morgan fingerprint density at radius 3 is 2.56 bits per heavy atom. The highest BCUT2D eigenvalue weighted by Gasteiger charge is 2.45. The zero-order valence-corrected chi connectivity index (χ0v) is 14.7. The molecular formula is C20H22N4O. The van der Waals surface area contributed by atoms with Gasteiger partial charge in [-0.05, 0) is 37.8 Å². The molecule has 0 unspecified atom stereocenters. The largest absolute Gasteiger partial charge is 0.355 e. The highest BCUT2D eigenvalue weighted by molar-refractivity contribution is 5.87. The number of likely N-dealkylation sites (tertiary alicyclic amines) is 1. The lowest BCUT2D eigenvalue weighted by Gasteiger charge is -2.44. The molecule has 5 heteroatoms. The SMILES string of the molecule is Cc1c(C#N)c(N2CCC3(CCC(=O)N3C)CC2)nc2ccccc12. The van der Waals surface area contributed by atoms with Crippen molar-refractivity contribution in [1.82, 2.24) is 9.88 Å². The van der Waals surface area contributed by atoms with Crippen LogP contribution in [0.2, 0.25) is 0 Å². The molecule has 0 N–H and O–H groups in total.